The number of benzene rings is 2. The van der Waals surface area contributed by atoms with E-state index in [1.165, 1.54) is 19.3 Å². The van der Waals surface area contributed by atoms with Gasteiger partial charge >= 0.3 is 0 Å². The lowest BCUT2D eigenvalue weighted by molar-refractivity contribution is -0.123. The van der Waals surface area contributed by atoms with Crippen molar-refractivity contribution in [1.82, 2.24) is 4.90 Å². The second-order valence-electron chi connectivity index (χ2n) is 7.56. The van der Waals surface area contributed by atoms with Gasteiger partial charge in [0.25, 0.3) is 0 Å². The van der Waals surface area contributed by atoms with E-state index in [1.807, 2.05) is 19.1 Å². The summed E-state index contributed by atoms with van der Waals surface area (Å²) in [6.07, 6.45) is 5.27. The molecule has 27 heavy (non-hydrogen) atoms. The summed E-state index contributed by atoms with van der Waals surface area (Å²) in [6, 6.07) is 21.2. The summed E-state index contributed by atoms with van der Waals surface area (Å²) in [7, 11) is 0. The van der Waals surface area contributed by atoms with Crippen molar-refractivity contribution in [2.45, 2.75) is 57.4 Å². The maximum absolute atomic E-state index is 13.4. The van der Waals surface area contributed by atoms with Crippen molar-refractivity contribution in [3.05, 3.63) is 71.8 Å². The predicted octanol–water partition coefficient (Wildman–Crippen LogP) is 5.64. The molecule has 2 aromatic rings. The number of hydrogen-bond donors (Lipinski definition) is 0. The lowest BCUT2D eigenvalue weighted by Crippen LogP contribution is -2.46. The van der Waals surface area contributed by atoms with Gasteiger partial charge in [-0.15, -0.1) is 12.4 Å². The molecule has 2 nitrogen and oxygen atoms in total. The smallest absolute Gasteiger partial charge is 0.147 e. The first-order valence-electron chi connectivity index (χ1n) is 10.1. The average Bonchev–Trinajstić information content (AvgIpc) is 2.73. The van der Waals surface area contributed by atoms with Crippen molar-refractivity contribution >= 4 is 18.2 Å². The molecule has 0 aromatic heterocycles. The number of nitrogens with zero attached hydrogens (tertiary/aromatic N) is 1. The van der Waals surface area contributed by atoms with Gasteiger partial charge in [-0.2, -0.15) is 0 Å². The van der Waals surface area contributed by atoms with Crippen molar-refractivity contribution < 1.29 is 4.79 Å². The number of halogens is 1. The average molecular weight is 386 g/mol. The van der Waals surface area contributed by atoms with Crippen LogP contribution in [0.4, 0.5) is 0 Å². The van der Waals surface area contributed by atoms with Crippen LogP contribution in [0.2, 0.25) is 0 Å². The van der Waals surface area contributed by atoms with E-state index in [4.69, 9.17) is 0 Å². The highest BCUT2D eigenvalue weighted by atomic mass is 35.5. The second kappa shape index (κ2) is 10.1. The van der Waals surface area contributed by atoms with Crippen LogP contribution in [0.1, 0.15) is 57.1 Å². The number of hydrogen-bond acceptors (Lipinski definition) is 2. The van der Waals surface area contributed by atoms with Gasteiger partial charge in [0.05, 0.1) is 5.41 Å². The summed E-state index contributed by atoms with van der Waals surface area (Å²) >= 11 is 0. The van der Waals surface area contributed by atoms with Crippen LogP contribution in [0.5, 0.6) is 0 Å². The largest absolute Gasteiger partial charge is 0.301 e. The molecule has 1 atom stereocenters. The van der Waals surface area contributed by atoms with Gasteiger partial charge in [-0.25, -0.2) is 0 Å². The number of carbonyl (C=O) groups excluding carboxylic acids is 1. The van der Waals surface area contributed by atoms with Crippen LogP contribution >= 0.6 is 12.4 Å². The Balaban J connectivity index is 0.00000261. The molecule has 1 aliphatic heterocycles. The Morgan fingerprint density at radius 2 is 1.41 bits per heavy atom. The molecule has 0 amide bonds. The predicted molar refractivity (Wildman–Crippen MR) is 116 cm³/mol. The van der Waals surface area contributed by atoms with E-state index in [1.54, 1.807) is 0 Å². The first-order valence-corrected chi connectivity index (χ1v) is 10.1. The minimum atomic E-state index is -0.561. The highest BCUT2D eigenvalue weighted by Gasteiger charge is 2.42. The summed E-state index contributed by atoms with van der Waals surface area (Å²) in [5.74, 6) is 0.318. The molecule has 0 saturated carbocycles. The van der Waals surface area contributed by atoms with Crippen molar-refractivity contribution in [2.24, 2.45) is 0 Å². The molecule has 1 heterocycles. The molecule has 0 spiro atoms. The number of Topliss-reactive ketones (excluding diaryl/α,β-unsaturated/α-hetero) is 1. The third-order valence-electron chi connectivity index (χ3n) is 5.95. The lowest BCUT2D eigenvalue weighted by Gasteiger charge is -2.40. The monoisotopic (exact) mass is 385 g/mol. The second-order valence-corrected chi connectivity index (χ2v) is 7.56. The van der Waals surface area contributed by atoms with Gasteiger partial charge < -0.3 is 4.90 Å². The van der Waals surface area contributed by atoms with E-state index < -0.39 is 5.41 Å². The van der Waals surface area contributed by atoms with Gasteiger partial charge in [-0.1, -0.05) is 74.0 Å². The molecular weight excluding hydrogens is 354 g/mol. The highest BCUT2D eigenvalue weighted by molar-refractivity contribution is 5.93. The van der Waals surface area contributed by atoms with Crippen LogP contribution in [-0.2, 0) is 10.2 Å². The summed E-state index contributed by atoms with van der Waals surface area (Å²) in [5, 5.41) is 0. The first-order chi connectivity index (χ1) is 12.7. The minimum Gasteiger partial charge on any atom is -0.301 e. The van der Waals surface area contributed by atoms with Gasteiger partial charge in [-0.3, -0.25) is 4.79 Å². The van der Waals surface area contributed by atoms with Gasteiger partial charge in [0.15, 0.2) is 0 Å². The molecule has 0 aliphatic carbocycles. The summed E-state index contributed by atoms with van der Waals surface area (Å²) in [6.45, 7) is 6.60. The van der Waals surface area contributed by atoms with Crippen molar-refractivity contribution in [3.8, 4) is 0 Å². The number of ketones is 1. The van der Waals surface area contributed by atoms with E-state index >= 15 is 0 Å². The molecule has 3 rings (SSSR count). The third kappa shape index (κ3) is 4.62. The SMILES string of the molecule is CCC(=O)C(C[C@H](C)N1CCCCC1)(c1ccccc1)c1ccccc1.Cl. The molecule has 1 saturated heterocycles. The fraction of sp³-hybridized carbons (Fsp3) is 0.458. The van der Waals surface area contributed by atoms with Crippen LogP contribution < -0.4 is 0 Å². The van der Waals surface area contributed by atoms with Gasteiger partial charge in [-0.05, 0) is 50.4 Å². The molecule has 3 heteroatoms. The Hall–Kier alpha value is -1.64. The van der Waals surface area contributed by atoms with Crippen molar-refractivity contribution in [3.63, 3.8) is 0 Å². The fourth-order valence-corrected chi connectivity index (χ4v) is 4.52. The molecule has 0 unspecified atom stereocenters. The molecule has 0 bridgehead atoms. The standard InChI is InChI=1S/C24H31NO.ClH/c1-3-23(26)24(21-13-7-4-8-14-21,22-15-9-5-10-16-22)19-20(2)25-17-11-6-12-18-25;/h4-5,7-10,13-16,20H,3,6,11-12,17-19H2,1-2H3;1H/t20-;/m0./s1. The Bertz CT molecular complexity index is 655. The van der Waals surface area contributed by atoms with Gasteiger partial charge in [0.2, 0.25) is 0 Å². The topological polar surface area (TPSA) is 20.3 Å². The summed E-state index contributed by atoms with van der Waals surface area (Å²) < 4.78 is 0. The zero-order valence-corrected chi connectivity index (χ0v) is 17.4. The Morgan fingerprint density at radius 1 is 0.926 bits per heavy atom. The summed E-state index contributed by atoms with van der Waals surface area (Å²) in [4.78, 5) is 16.0. The van der Waals surface area contributed by atoms with Crippen LogP contribution in [0.15, 0.2) is 60.7 Å². The number of likely N-dealkylation sites (tertiary alicyclic amines) is 1. The van der Waals surface area contributed by atoms with Crippen LogP contribution in [0.3, 0.4) is 0 Å². The zero-order chi connectivity index (χ0) is 18.4. The van der Waals surface area contributed by atoms with Crippen molar-refractivity contribution in [1.29, 1.82) is 0 Å². The minimum absolute atomic E-state index is 0. The van der Waals surface area contributed by atoms with E-state index in [0.717, 1.165) is 30.6 Å². The van der Waals surface area contributed by atoms with Gasteiger partial charge in [0, 0.05) is 12.5 Å². The maximum Gasteiger partial charge on any atom is 0.147 e. The van der Waals surface area contributed by atoms with Crippen LogP contribution in [0.25, 0.3) is 0 Å². The normalized spacial score (nSPS) is 16.4. The zero-order valence-electron chi connectivity index (χ0n) is 16.6. The Morgan fingerprint density at radius 3 is 1.85 bits per heavy atom. The van der Waals surface area contributed by atoms with E-state index in [0.29, 0.717) is 18.2 Å². The van der Waals surface area contributed by atoms with E-state index in [2.05, 4.69) is 60.4 Å². The number of piperidine rings is 1. The van der Waals surface area contributed by atoms with Crippen LogP contribution in [-0.4, -0.2) is 29.8 Å². The first kappa shape index (κ1) is 21.7. The number of rotatable bonds is 7. The third-order valence-corrected chi connectivity index (χ3v) is 5.95. The fourth-order valence-electron chi connectivity index (χ4n) is 4.52. The molecule has 1 fully saturated rings. The van der Waals surface area contributed by atoms with E-state index in [-0.39, 0.29) is 12.4 Å². The molecule has 0 radical (unpaired) electrons. The van der Waals surface area contributed by atoms with E-state index in [9.17, 15) is 4.79 Å². The lowest BCUT2D eigenvalue weighted by atomic mass is 9.66. The molecule has 146 valence electrons. The molecule has 2 aromatic carbocycles. The van der Waals surface area contributed by atoms with Crippen LogP contribution in [0, 0.1) is 0 Å². The Labute approximate surface area is 170 Å². The Kier molecular flexibility index (Phi) is 8.07. The van der Waals surface area contributed by atoms with Gasteiger partial charge in [0.1, 0.15) is 5.78 Å². The number of carbonyl (C=O) groups is 1. The molecular formula is C24H32ClNO. The molecule has 0 N–H and O–H groups in total. The quantitative estimate of drug-likeness (QED) is 0.614. The van der Waals surface area contributed by atoms with Crippen molar-refractivity contribution in [2.75, 3.05) is 13.1 Å². The highest BCUT2D eigenvalue weighted by Crippen LogP contribution is 2.40. The maximum atomic E-state index is 13.4. The summed E-state index contributed by atoms with van der Waals surface area (Å²) in [5.41, 5.74) is 1.69. The molecule has 1 aliphatic rings.